The molecule has 4 N–H and O–H groups in total. The van der Waals surface area contributed by atoms with Gasteiger partial charge in [-0.1, -0.05) is 6.92 Å². The Morgan fingerprint density at radius 2 is 2.46 bits per heavy atom. The smallest absolute Gasteiger partial charge is 0.235 e. The molecule has 1 rings (SSSR count). The van der Waals surface area contributed by atoms with Gasteiger partial charge in [0, 0.05) is 30.6 Å². The van der Waals surface area contributed by atoms with Gasteiger partial charge in [0.25, 0.3) is 0 Å². The molecule has 1 aliphatic rings. The highest BCUT2D eigenvalue weighted by Crippen LogP contribution is 2.17. The van der Waals surface area contributed by atoms with Gasteiger partial charge in [0.2, 0.25) is 5.91 Å². The lowest BCUT2D eigenvalue weighted by Crippen LogP contribution is -2.49. The number of thioether (sulfide) groups is 1. The zero-order valence-corrected chi connectivity index (χ0v) is 8.72. The lowest BCUT2D eigenvalue weighted by atomic mass is 10.2. The van der Waals surface area contributed by atoms with Crippen LogP contribution in [0.3, 0.4) is 0 Å². The van der Waals surface area contributed by atoms with Crippen LogP contribution in [0.2, 0.25) is 0 Å². The van der Waals surface area contributed by atoms with Gasteiger partial charge in [-0.25, -0.2) is 0 Å². The van der Waals surface area contributed by atoms with E-state index in [4.69, 9.17) is 11.5 Å². The van der Waals surface area contributed by atoms with Crippen LogP contribution in [0.1, 0.15) is 6.92 Å². The minimum Gasteiger partial charge on any atom is -0.368 e. The average molecular weight is 203 g/mol. The van der Waals surface area contributed by atoms with Crippen molar-refractivity contribution in [3.8, 4) is 0 Å². The van der Waals surface area contributed by atoms with Crippen molar-refractivity contribution in [2.24, 2.45) is 11.5 Å². The van der Waals surface area contributed by atoms with Crippen molar-refractivity contribution >= 4 is 17.7 Å². The second-order valence-corrected chi connectivity index (χ2v) is 5.00. The fourth-order valence-electron chi connectivity index (χ4n) is 1.42. The van der Waals surface area contributed by atoms with Crippen molar-refractivity contribution in [1.82, 2.24) is 4.90 Å². The number of hydrogen-bond acceptors (Lipinski definition) is 4. The molecular weight excluding hydrogens is 186 g/mol. The number of carbonyl (C=O) groups is 1. The summed E-state index contributed by atoms with van der Waals surface area (Å²) in [6.45, 7) is 4.80. The van der Waals surface area contributed by atoms with Gasteiger partial charge in [-0.05, 0) is 0 Å². The highest BCUT2D eigenvalue weighted by molar-refractivity contribution is 7.99. The van der Waals surface area contributed by atoms with Crippen LogP contribution in [0.25, 0.3) is 0 Å². The van der Waals surface area contributed by atoms with Crippen molar-refractivity contribution in [2.45, 2.75) is 18.2 Å². The van der Waals surface area contributed by atoms with E-state index in [2.05, 4.69) is 11.8 Å². The maximum atomic E-state index is 10.7. The molecule has 2 atom stereocenters. The van der Waals surface area contributed by atoms with E-state index in [1.54, 1.807) is 0 Å². The van der Waals surface area contributed by atoms with E-state index in [0.29, 0.717) is 11.8 Å². The van der Waals surface area contributed by atoms with E-state index >= 15 is 0 Å². The Kier molecular flexibility index (Phi) is 4.02. The van der Waals surface area contributed by atoms with E-state index in [9.17, 15) is 4.79 Å². The van der Waals surface area contributed by atoms with Gasteiger partial charge >= 0.3 is 0 Å². The van der Waals surface area contributed by atoms with Crippen LogP contribution in [0.4, 0.5) is 0 Å². The number of hydrogen-bond donors (Lipinski definition) is 2. The van der Waals surface area contributed by atoms with Crippen molar-refractivity contribution < 1.29 is 4.79 Å². The summed E-state index contributed by atoms with van der Waals surface area (Å²) in [5.74, 6) is 0.706. The Balaban J connectivity index is 2.31. The predicted molar refractivity (Wildman–Crippen MR) is 55.5 cm³/mol. The summed E-state index contributed by atoms with van der Waals surface area (Å²) < 4.78 is 0. The van der Waals surface area contributed by atoms with Gasteiger partial charge in [-0.2, -0.15) is 11.8 Å². The standard InChI is InChI=1S/C8H17N3OS/c1-6-4-11(2-3-13-6)5-7(9)8(10)12/h6-7H,2-5,9H2,1H3,(H2,10,12). The van der Waals surface area contributed by atoms with Crippen LogP contribution < -0.4 is 11.5 Å². The van der Waals surface area contributed by atoms with Crippen molar-refractivity contribution in [2.75, 3.05) is 25.4 Å². The van der Waals surface area contributed by atoms with Crippen molar-refractivity contribution in [3.05, 3.63) is 0 Å². The van der Waals surface area contributed by atoms with Gasteiger partial charge < -0.3 is 11.5 Å². The topological polar surface area (TPSA) is 72.3 Å². The Bertz CT molecular complexity index is 188. The Labute approximate surface area is 83.0 Å². The Hall–Kier alpha value is -0.260. The third-order valence-electron chi connectivity index (χ3n) is 2.15. The van der Waals surface area contributed by atoms with Crippen molar-refractivity contribution in [3.63, 3.8) is 0 Å². The van der Waals surface area contributed by atoms with Crippen LogP contribution >= 0.6 is 11.8 Å². The number of nitrogens with two attached hydrogens (primary N) is 2. The van der Waals surface area contributed by atoms with E-state index in [1.165, 1.54) is 0 Å². The second kappa shape index (κ2) is 4.83. The summed E-state index contributed by atoms with van der Waals surface area (Å²) >= 11 is 1.96. The molecule has 1 aliphatic heterocycles. The summed E-state index contributed by atoms with van der Waals surface area (Å²) in [7, 11) is 0. The van der Waals surface area contributed by atoms with Gasteiger partial charge in [0.1, 0.15) is 0 Å². The minimum absolute atomic E-state index is 0.411. The number of amides is 1. The van der Waals surface area contributed by atoms with E-state index in [1.807, 2.05) is 11.8 Å². The largest absolute Gasteiger partial charge is 0.368 e. The normalized spacial score (nSPS) is 27.1. The highest BCUT2D eigenvalue weighted by Gasteiger charge is 2.20. The molecule has 1 heterocycles. The van der Waals surface area contributed by atoms with Gasteiger partial charge in [0.05, 0.1) is 6.04 Å². The zero-order chi connectivity index (χ0) is 9.84. The van der Waals surface area contributed by atoms with Crippen molar-refractivity contribution in [1.29, 1.82) is 0 Å². The summed E-state index contributed by atoms with van der Waals surface area (Å²) in [5, 5.41) is 0.633. The fraction of sp³-hybridized carbons (Fsp3) is 0.875. The van der Waals surface area contributed by atoms with Gasteiger partial charge in [-0.3, -0.25) is 9.69 Å². The quantitative estimate of drug-likeness (QED) is 0.632. The summed E-state index contributed by atoms with van der Waals surface area (Å²) in [6, 6.07) is -0.518. The molecule has 76 valence electrons. The predicted octanol–water partition coefficient (Wildman–Crippen LogP) is -0.764. The fourth-order valence-corrected chi connectivity index (χ4v) is 2.51. The van der Waals surface area contributed by atoms with Crippen LogP contribution in [-0.4, -0.2) is 47.5 Å². The summed E-state index contributed by atoms with van der Waals surface area (Å²) in [6.07, 6.45) is 0. The molecule has 0 aromatic carbocycles. The number of primary amides is 1. The molecule has 0 saturated carbocycles. The van der Waals surface area contributed by atoms with E-state index in [0.717, 1.165) is 18.8 Å². The monoisotopic (exact) mass is 203 g/mol. The average Bonchev–Trinajstić information content (AvgIpc) is 2.04. The van der Waals surface area contributed by atoms with Gasteiger partial charge in [0.15, 0.2) is 0 Å². The summed E-state index contributed by atoms with van der Waals surface area (Å²) in [4.78, 5) is 12.9. The number of nitrogens with zero attached hydrogens (tertiary/aromatic N) is 1. The maximum absolute atomic E-state index is 10.7. The summed E-state index contributed by atoms with van der Waals surface area (Å²) in [5.41, 5.74) is 10.7. The maximum Gasteiger partial charge on any atom is 0.235 e. The first-order chi connectivity index (χ1) is 6.09. The molecule has 5 heteroatoms. The molecule has 1 saturated heterocycles. The van der Waals surface area contributed by atoms with Gasteiger partial charge in [-0.15, -0.1) is 0 Å². The molecule has 1 fully saturated rings. The second-order valence-electron chi connectivity index (χ2n) is 3.45. The molecule has 4 nitrogen and oxygen atoms in total. The minimum atomic E-state index is -0.518. The molecule has 2 unspecified atom stereocenters. The molecule has 0 aromatic rings. The third kappa shape index (κ3) is 3.54. The first kappa shape index (κ1) is 10.8. The first-order valence-electron chi connectivity index (χ1n) is 4.48. The molecule has 0 spiro atoms. The number of carbonyl (C=O) groups excluding carboxylic acids is 1. The zero-order valence-electron chi connectivity index (χ0n) is 7.90. The number of rotatable bonds is 3. The lowest BCUT2D eigenvalue weighted by Gasteiger charge is -2.31. The van der Waals surface area contributed by atoms with E-state index < -0.39 is 11.9 Å². The first-order valence-corrected chi connectivity index (χ1v) is 5.53. The lowest BCUT2D eigenvalue weighted by molar-refractivity contribution is -0.119. The molecule has 0 radical (unpaired) electrons. The van der Waals surface area contributed by atoms with Crippen LogP contribution in [0, 0.1) is 0 Å². The van der Waals surface area contributed by atoms with Crippen LogP contribution in [0.15, 0.2) is 0 Å². The molecule has 0 bridgehead atoms. The Morgan fingerprint density at radius 1 is 1.77 bits per heavy atom. The molecular formula is C8H17N3OS. The van der Waals surface area contributed by atoms with Crippen LogP contribution in [0.5, 0.6) is 0 Å². The molecule has 13 heavy (non-hydrogen) atoms. The van der Waals surface area contributed by atoms with E-state index in [-0.39, 0.29) is 0 Å². The molecule has 0 aliphatic carbocycles. The Morgan fingerprint density at radius 3 is 3.00 bits per heavy atom. The SMILES string of the molecule is CC1CN(CC(N)C(N)=O)CCS1. The molecule has 1 amide bonds. The molecule has 0 aromatic heterocycles. The highest BCUT2D eigenvalue weighted by atomic mass is 32.2. The third-order valence-corrected chi connectivity index (χ3v) is 3.28. The van der Waals surface area contributed by atoms with Crippen LogP contribution in [-0.2, 0) is 4.79 Å².